The topological polar surface area (TPSA) is 72.8 Å². The first kappa shape index (κ1) is 21.6. The van der Waals surface area contributed by atoms with E-state index in [0.29, 0.717) is 25.7 Å². The lowest BCUT2D eigenvalue weighted by molar-refractivity contribution is 0.00832. The summed E-state index contributed by atoms with van der Waals surface area (Å²) in [6.45, 7) is 1.68. The van der Waals surface area contributed by atoms with Crippen molar-refractivity contribution in [2.24, 2.45) is 5.92 Å². The molecule has 0 radical (unpaired) electrons. The van der Waals surface area contributed by atoms with Gasteiger partial charge in [-0.25, -0.2) is 0 Å². The Morgan fingerprint density at radius 1 is 1.09 bits per heavy atom. The number of allylic oxidation sites excluding steroid dienone is 1. The Hall–Kier alpha value is -3.25. The molecule has 3 aromatic rings. The molecule has 1 aliphatic heterocycles. The quantitative estimate of drug-likeness (QED) is 0.551. The number of rotatable bonds is 6. The summed E-state index contributed by atoms with van der Waals surface area (Å²) in [6.07, 6.45) is 9.77. The van der Waals surface area contributed by atoms with E-state index < -0.39 is 5.60 Å². The SMILES string of the molecule is COc1ccc2nccc(C=CC3CCC(O)(CNc4ccc5c(c4)OCCO5)CC3)c2c1. The zero-order valence-electron chi connectivity index (χ0n) is 18.9. The molecule has 0 saturated heterocycles. The molecule has 0 bridgehead atoms. The Labute approximate surface area is 194 Å². The zero-order valence-corrected chi connectivity index (χ0v) is 18.9. The van der Waals surface area contributed by atoms with Gasteiger partial charge in [0.2, 0.25) is 0 Å². The van der Waals surface area contributed by atoms with Gasteiger partial charge in [0, 0.05) is 29.9 Å². The second kappa shape index (κ2) is 9.32. The summed E-state index contributed by atoms with van der Waals surface area (Å²) in [7, 11) is 1.68. The Morgan fingerprint density at radius 3 is 2.73 bits per heavy atom. The molecule has 0 atom stereocenters. The van der Waals surface area contributed by atoms with Crippen LogP contribution in [0.4, 0.5) is 5.69 Å². The van der Waals surface area contributed by atoms with Crippen LogP contribution in [0.15, 0.2) is 54.7 Å². The van der Waals surface area contributed by atoms with Crippen LogP contribution in [0.2, 0.25) is 0 Å². The molecule has 6 heteroatoms. The Morgan fingerprint density at radius 2 is 1.91 bits per heavy atom. The summed E-state index contributed by atoms with van der Waals surface area (Å²) < 4.78 is 16.6. The van der Waals surface area contributed by atoms with Crippen molar-refractivity contribution in [1.82, 2.24) is 4.98 Å². The minimum absolute atomic E-state index is 0.452. The first-order chi connectivity index (χ1) is 16.1. The molecule has 6 nitrogen and oxygen atoms in total. The van der Waals surface area contributed by atoms with E-state index in [1.165, 1.54) is 0 Å². The molecule has 172 valence electrons. The third-order valence-corrected chi connectivity index (χ3v) is 6.66. The predicted molar refractivity (Wildman–Crippen MR) is 130 cm³/mol. The van der Waals surface area contributed by atoms with E-state index in [-0.39, 0.29) is 0 Å². The maximum atomic E-state index is 11.1. The van der Waals surface area contributed by atoms with E-state index in [4.69, 9.17) is 14.2 Å². The highest BCUT2D eigenvalue weighted by Crippen LogP contribution is 2.36. The average molecular weight is 447 g/mol. The van der Waals surface area contributed by atoms with Crippen LogP contribution in [0.5, 0.6) is 17.2 Å². The van der Waals surface area contributed by atoms with Gasteiger partial charge in [-0.05, 0) is 73.6 Å². The number of anilines is 1. The van der Waals surface area contributed by atoms with Gasteiger partial charge >= 0.3 is 0 Å². The van der Waals surface area contributed by atoms with E-state index in [0.717, 1.165) is 65.1 Å². The lowest BCUT2D eigenvalue weighted by Crippen LogP contribution is -2.40. The number of nitrogens with zero attached hydrogens (tertiary/aromatic N) is 1. The molecule has 33 heavy (non-hydrogen) atoms. The molecule has 1 aromatic heterocycles. The smallest absolute Gasteiger partial charge is 0.163 e. The van der Waals surface area contributed by atoms with Gasteiger partial charge in [0.05, 0.1) is 18.2 Å². The summed E-state index contributed by atoms with van der Waals surface area (Å²) >= 11 is 0. The standard InChI is InChI=1S/C27H30N2O4/c1-31-22-5-6-24-23(17-22)20(10-13-28-24)3-2-19-8-11-27(30,12-9-19)18-29-21-4-7-25-26(16-21)33-15-14-32-25/h2-7,10,13,16-17,19,29-30H,8-9,11-12,14-15,18H2,1H3. The van der Waals surface area contributed by atoms with Crippen molar-refractivity contribution in [3.8, 4) is 17.2 Å². The fourth-order valence-electron chi connectivity index (χ4n) is 4.63. The summed E-state index contributed by atoms with van der Waals surface area (Å²) in [5, 5.41) is 15.6. The van der Waals surface area contributed by atoms with Crippen LogP contribution < -0.4 is 19.5 Å². The second-order valence-corrected chi connectivity index (χ2v) is 8.92. The number of ether oxygens (including phenoxy) is 3. The van der Waals surface area contributed by atoms with Gasteiger partial charge in [0.1, 0.15) is 19.0 Å². The number of methoxy groups -OCH3 is 1. The number of benzene rings is 2. The maximum absolute atomic E-state index is 11.1. The van der Waals surface area contributed by atoms with E-state index in [2.05, 4.69) is 22.5 Å². The Bertz CT molecular complexity index is 1150. The monoisotopic (exact) mass is 446 g/mol. The molecule has 1 fully saturated rings. The van der Waals surface area contributed by atoms with Crippen LogP contribution in [0, 0.1) is 5.92 Å². The minimum Gasteiger partial charge on any atom is -0.497 e. The predicted octanol–water partition coefficient (Wildman–Crippen LogP) is 5.06. The van der Waals surface area contributed by atoms with Crippen molar-refractivity contribution in [2.75, 3.05) is 32.2 Å². The molecular formula is C27H30N2O4. The summed E-state index contributed by atoms with van der Waals surface area (Å²) in [6, 6.07) is 13.8. The zero-order chi connectivity index (χ0) is 22.7. The molecular weight excluding hydrogens is 416 g/mol. The van der Waals surface area contributed by atoms with Crippen LogP contribution >= 0.6 is 0 Å². The van der Waals surface area contributed by atoms with Gasteiger partial charge in [-0.3, -0.25) is 4.98 Å². The molecule has 0 amide bonds. The van der Waals surface area contributed by atoms with Crippen molar-refractivity contribution < 1.29 is 19.3 Å². The molecule has 1 aliphatic carbocycles. The number of aliphatic hydroxyl groups is 1. The number of aromatic nitrogens is 1. The van der Waals surface area contributed by atoms with E-state index in [1.54, 1.807) is 7.11 Å². The normalized spacial score (nSPS) is 22.4. The fourth-order valence-corrected chi connectivity index (χ4v) is 4.63. The highest BCUT2D eigenvalue weighted by atomic mass is 16.6. The molecule has 2 aliphatic rings. The largest absolute Gasteiger partial charge is 0.497 e. The molecule has 0 spiro atoms. The third-order valence-electron chi connectivity index (χ3n) is 6.66. The van der Waals surface area contributed by atoms with Crippen molar-refractivity contribution in [3.63, 3.8) is 0 Å². The number of pyridine rings is 1. The highest BCUT2D eigenvalue weighted by Gasteiger charge is 2.32. The van der Waals surface area contributed by atoms with Crippen molar-refractivity contribution in [3.05, 3.63) is 60.3 Å². The number of nitrogens with one attached hydrogen (secondary N) is 1. The lowest BCUT2D eigenvalue weighted by Gasteiger charge is -2.35. The Kier molecular flexibility index (Phi) is 6.09. The van der Waals surface area contributed by atoms with Gasteiger partial charge in [-0.2, -0.15) is 0 Å². The number of hydrogen-bond acceptors (Lipinski definition) is 6. The van der Waals surface area contributed by atoms with Gasteiger partial charge in [0.25, 0.3) is 0 Å². The molecule has 2 aromatic carbocycles. The van der Waals surface area contributed by atoms with E-state index in [9.17, 15) is 5.11 Å². The number of hydrogen-bond donors (Lipinski definition) is 2. The van der Waals surface area contributed by atoms with Crippen molar-refractivity contribution in [1.29, 1.82) is 0 Å². The van der Waals surface area contributed by atoms with Gasteiger partial charge in [-0.1, -0.05) is 12.2 Å². The first-order valence-electron chi connectivity index (χ1n) is 11.6. The van der Waals surface area contributed by atoms with Gasteiger partial charge in [-0.15, -0.1) is 0 Å². The lowest BCUT2D eigenvalue weighted by atomic mass is 9.78. The fraction of sp³-hybridized carbons (Fsp3) is 0.370. The van der Waals surface area contributed by atoms with Crippen LogP contribution in [0.3, 0.4) is 0 Å². The number of fused-ring (bicyclic) bond motifs is 2. The second-order valence-electron chi connectivity index (χ2n) is 8.92. The molecule has 5 rings (SSSR count). The summed E-state index contributed by atoms with van der Waals surface area (Å²) in [5.41, 5.74) is 2.34. The molecule has 2 heterocycles. The molecule has 1 saturated carbocycles. The van der Waals surface area contributed by atoms with Gasteiger partial charge < -0.3 is 24.6 Å². The van der Waals surface area contributed by atoms with Crippen molar-refractivity contribution >= 4 is 22.7 Å². The third kappa shape index (κ3) is 4.91. The molecule has 0 unspecified atom stereocenters. The summed E-state index contributed by atoms with van der Waals surface area (Å²) in [4.78, 5) is 4.46. The highest BCUT2D eigenvalue weighted by molar-refractivity contribution is 5.88. The van der Waals surface area contributed by atoms with Crippen LogP contribution in [-0.2, 0) is 0 Å². The van der Waals surface area contributed by atoms with Crippen LogP contribution in [0.25, 0.3) is 17.0 Å². The van der Waals surface area contributed by atoms with Gasteiger partial charge in [0.15, 0.2) is 11.5 Å². The molecule has 2 N–H and O–H groups in total. The van der Waals surface area contributed by atoms with Crippen LogP contribution in [-0.4, -0.2) is 42.6 Å². The minimum atomic E-state index is -0.700. The average Bonchev–Trinajstić information content (AvgIpc) is 2.87. The summed E-state index contributed by atoms with van der Waals surface area (Å²) in [5.74, 6) is 2.82. The maximum Gasteiger partial charge on any atom is 0.163 e. The van der Waals surface area contributed by atoms with Crippen molar-refractivity contribution in [2.45, 2.75) is 31.3 Å². The van der Waals surface area contributed by atoms with Crippen LogP contribution in [0.1, 0.15) is 31.2 Å². The van der Waals surface area contributed by atoms with E-state index in [1.807, 2.05) is 48.7 Å². The van der Waals surface area contributed by atoms with E-state index >= 15 is 0 Å². The Balaban J connectivity index is 1.19. The first-order valence-corrected chi connectivity index (χ1v) is 11.6.